The molecule has 0 aliphatic carbocycles. The number of carbonyl (C=O) groups is 1. The van der Waals surface area contributed by atoms with Gasteiger partial charge in [0.05, 0.1) is 30.0 Å². The summed E-state index contributed by atoms with van der Waals surface area (Å²) in [7, 11) is -1.61. The van der Waals surface area contributed by atoms with Gasteiger partial charge >= 0.3 is 6.03 Å². The van der Waals surface area contributed by atoms with Crippen molar-refractivity contribution in [2.24, 2.45) is 0 Å². The van der Waals surface area contributed by atoms with Crippen LogP contribution in [0, 0.1) is 0 Å². The Labute approximate surface area is 122 Å². The van der Waals surface area contributed by atoms with Crippen LogP contribution in [-0.4, -0.2) is 44.5 Å². The molecule has 1 fully saturated rings. The molecule has 20 heavy (non-hydrogen) atoms. The van der Waals surface area contributed by atoms with Gasteiger partial charge in [-0.1, -0.05) is 0 Å². The first-order chi connectivity index (χ1) is 9.39. The van der Waals surface area contributed by atoms with Crippen LogP contribution in [0.5, 0.6) is 5.75 Å². The lowest BCUT2D eigenvalue weighted by atomic mass is 10.2. The van der Waals surface area contributed by atoms with Crippen LogP contribution in [0.1, 0.15) is 0 Å². The van der Waals surface area contributed by atoms with E-state index in [2.05, 4.69) is 10.6 Å². The zero-order valence-electron chi connectivity index (χ0n) is 10.8. The van der Waals surface area contributed by atoms with E-state index in [1.54, 1.807) is 31.4 Å². The van der Waals surface area contributed by atoms with Gasteiger partial charge in [0.1, 0.15) is 5.75 Å². The molecule has 6 nitrogen and oxygen atoms in total. The summed E-state index contributed by atoms with van der Waals surface area (Å²) >= 11 is 5.91. The third-order valence-corrected chi connectivity index (χ3v) is 5.32. The van der Waals surface area contributed by atoms with Crippen molar-refractivity contribution in [1.82, 2.24) is 5.32 Å². The van der Waals surface area contributed by atoms with Gasteiger partial charge in [0, 0.05) is 5.69 Å². The van der Waals surface area contributed by atoms with Crippen LogP contribution >= 0.6 is 11.6 Å². The molecule has 1 heterocycles. The van der Waals surface area contributed by atoms with Crippen molar-refractivity contribution in [2.75, 3.05) is 23.9 Å². The molecule has 0 radical (unpaired) electrons. The molecule has 0 spiro atoms. The molecule has 2 atom stereocenters. The number of nitrogens with one attached hydrogen (secondary N) is 2. The lowest BCUT2D eigenvalue weighted by Crippen LogP contribution is -2.42. The van der Waals surface area contributed by atoms with Crippen molar-refractivity contribution in [1.29, 1.82) is 0 Å². The van der Waals surface area contributed by atoms with Crippen LogP contribution in [0.15, 0.2) is 24.3 Å². The molecule has 110 valence electrons. The highest BCUT2D eigenvalue weighted by Gasteiger charge is 2.37. The Morgan fingerprint density at radius 3 is 2.45 bits per heavy atom. The van der Waals surface area contributed by atoms with E-state index < -0.39 is 27.3 Å². The lowest BCUT2D eigenvalue weighted by Gasteiger charge is -2.15. The number of sulfone groups is 1. The van der Waals surface area contributed by atoms with E-state index in [1.807, 2.05) is 0 Å². The fourth-order valence-corrected chi connectivity index (χ4v) is 4.50. The molecule has 2 amide bonds. The highest BCUT2D eigenvalue weighted by molar-refractivity contribution is 7.91. The number of halogens is 1. The highest BCUT2D eigenvalue weighted by Crippen LogP contribution is 2.19. The normalized spacial score (nSPS) is 24.1. The van der Waals surface area contributed by atoms with E-state index in [0.29, 0.717) is 11.4 Å². The van der Waals surface area contributed by atoms with Gasteiger partial charge in [-0.2, -0.15) is 0 Å². The minimum absolute atomic E-state index is 0.109. The first-order valence-corrected chi connectivity index (χ1v) is 8.21. The van der Waals surface area contributed by atoms with Gasteiger partial charge < -0.3 is 15.4 Å². The molecule has 2 N–H and O–H groups in total. The summed E-state index contributed by atoms with van der Waals surface area (Å²) in [6.45, 7) is 0. The number of benzene rings is 1. The minimum atomic E-state index is -3.16. The molecule has 0 bridgehead atoms. The Morgan fingerprint density at radius 2 is 1.95 bits per heavy atom. The maximum atomic E-state index is 11.8. The largest absolute Gasteiger partial charge is 0.497 e. The average Bonchev–Trinajstić information content (AvgIpc) is 2.63. The van der Waals surface area contributed by atoms with Gasteiger partial charge in [-0.15, -0.1) is 11.6 Å². The average molecular weight is 319 g/mol. The van der Waals surface area contributed by atoms with E-state index >= 15 is 0 Å². The van der Waals surface area contributed by atoms with Crippen molar-refractivity contribution in [2.45, 2.75) is 11.4 Å². The molecule has 2 rings (SSSR count). The number of urea groups is 1. The van der Waals surface area contributed by atoms with Gasteiger partial charge in [0.15, 0.2) is 9.84 Å². The quantitative estimate of drug-likeness (QED) is 0.821. The zero-order chi connectivity index (χ0) is 14.8. The molecule has 1 aromatic carbocycles. The van der Waals surface area contributed by atoms with Crippen molar-refractivity contribution in [3.63, 3.8) is 0 Å². The Bertz CT molecular complexity index is 588. The number of anilines is 1. The molecule has 8 heteroatoms. The first kappa shape index (κ1) is 14.9. The highest BCUT2D eigenvalue weighted by atomic mass is 35.5. The third kappa shape index (κ3) is 3.77. The lowest BCUT2D eigenvalue weighted by molar-refractivity contribution is 0.249. The van der Waals surface area contributed by atoms with Crippen molar-refractivity contribution in [3.05, 3.63) is 24.3 Å². The number of methoxy groups -OCH3 is 1. The van der Waals surface area contributed by atoms with Crippen molar-refractivity contribution in [3.8, 4) is 5.75 Å². The molecule has 0 aromatic heterocycles. The number of alkyl halides is 1. The number of ether oxygens (including phenoxy) is 1. The van der Waals surface area contributed by atoms with E-state index in [9.17, 15) is 13.2 Å². The molecular formula is C12H15ClN2O4S. The third-order valence-electron chi connectivity index (χ3n) is 2.95. The van der Waals surface area contributed by atoms with Gasteiger partial charge in [-0.3, -0.25) is 0 Å². The summed E-state index contributed by atoms with van der Waals surface area (Å²) in [6.07, 6.45) is 0. The molecule has 1 aromatic rings. The molecule has 1 saturated heterocycles. The molecule has 1 aliphatic rings. The summed E-state index contributed by atoms with van der Waals surface area (Å²) in [5.74, 6) is 0.442. The Kier molecular flexibility index (Phi) is 4.39. The number of hydrogen-bond donors (Lipinski definition) is 2. The predicted octanol–water partition coefficient (Wildman–Crippen LogP) is 1.22. The standard InChI is InChI=1S/C12H15ClN2O4S/c1-19-9-4-2-8(3-5-9)14-12(16)15-11-7-20(17,18)6-10(11)13/h2-5,10-11H,6-7H2,1H3,(H2,14,15,16)/t10-,11-/m1/s1. The smallest absolute Gasteiger partial charge is 0.319 e. The van der Waals surface area contributed by atoms with E-state index in [0.717, 1.165) is 0 Å². The summed E-state index contributed by atoms with van der Waals surface area (Å²) in [5, 5.41) is 4.58. The van der Waals surface area contributed by atoms with Crippen LogP contribution in [0.25, 0.3) is 0 Å². The van der Waals surface area contributed by atoms with Crippen LogP contribution in [-0.2, 0) is 9.84 Å². The molecule has 0 unspecified atom stereocenters. The molecule has 0 saturated carbocycles. The van der Waals surface area contributed by atoms with Gasteiger partial charge in [-0.25, -0.2) is 13.2 Å². The molecular weight excluding hydrogens is 304 g/mol. The van der Waals surface area contributed by atoms with Gasteiger partial charge in [0.2, 0.25) is 0 Å². The number of carbonyl (C=O) groups excluding carboxylic acids is 1. The number of hydrogen-bond acceptors (Lipinski definition) is 4. The van der Waals surface area contributed by atoms with Gasteiger partial charge in [-0.05, 0) is 24.3 Å². The predicted molar refractivity (Wildman–Crippen MR) is 77.2 cm³/mol. The fraction of sp³-hybridized carbons (Fsp3) is 0.417. The van der Waals surface area contributed by atoms with Crippen molar-refractivity contribution < 1.29 is 17.9 Å². The van der Waals surface area contributed by atoms with E-state index in [4.69, 9.17) is 16.3 Å². The summed E-state index contributed by atoms with van der Waals surface area (Å²) in [6, 6.07) is 5.73. The number of amides is 2. The Hall–Kier alpha value is -1.47. The number of rotatable bonds is 3. The fourth-order valence-electron chi connectivity index (χ4n) is 1.95. The van der Waals surface area contributed by atoms with Crippen LogP contribution < -0.4 is 15.4 Å². The second kappa shape index (κ2) is 5.88. The minimum Gasteiger partial charge on any atom is -0.497 e. The first-order valence-electron chi connectivity index (χ1n) is 5.96. The van der Waals surface area contributed by atoms with Crippen LogP contribution in [0.2, 0.25) is 0 Å². The molecule has 1 aliphatic heterocycles. The Balaban J connectivity index is 1.92. The Morgan fingerprint density at radius 1 is 1.30 bits per heavy atom. The summed E-state index contributed by atoms with van der Waals surface area (Å²) in [4.78, 5) is 11.8. The topological polar surface area (TPSA) is 84.5 Å². The summed E-state index contributed by atoms with van der Waals surface area (Å²) < 4.78 is 27.8. The second-order valence-corrected chi connectivity index (χ2v) is 7.24. The second-order valence-electron chi connectivity index (χ2n) is 4.53. The van der Waals surface area contributed by atoms with E-state index in [-0.39, 0.29) is 11.5 Å². The maximum Gasteiger partial charge on any atom is 0.319 e. The van der Waals surface area contributed by atoms with Gasteiger partial charge in [0.25, 0.3) is 0 Å². The van der Waals surface area contributed by atoms with Crippen LogP contribution in [0.3, 0.4) is 0 Å². The van der Waals surface area contributed by atoms with Crippen LogP contribution in [0.4, 0.5) is 10.5 Å². The monoisotopic (exact) mass is 318 g/mol. The van der Waals surface area contributed by atoms with Crippen molar-refractivity contribution >= 4 is 33.2 Å². The maximum absolute atomic E-state index is 11.8. The SMILES string of the molecule is COc1ccc(NC(=O)N[C@@H]2CS(=O)(=O)C[C@H]2Cl)cc1. The summed E-state index contributed by atoms with van der Waals surface area (Å²) in [5.41, 5.74) is 0.579. The van der Waals surface area contributed by atoms with E-state index in [1.165, 1.54) is 0 Å². The zero-order valence-corrected chi connectivity index (χ0v) is 12.4.